The first-order chi connectivity index (χ1) is 11.9. The average Bonchev–Trinajstić information content (AvgIpc) is 2.61. The molecule has 25 heavy (non-hydrogen) atoms. The lowest BCUT2D eigenvalue weighted by molar-refractivity contribution is -0.147. The highest BCUT2D eigenvalue weighted by Crippen LogP contribution is 2.48. The fraction of sp³-hybridized carbons (Fsp3) is 0.375. The van der Waals surface area contributed by atoms with E-state index in [2.05, 4.69) is 20.7 Å². The van der Waals surface area contributed by atoms with Crippen molar-refractivity contribution in [2.75, 3.05) is 21.3 Å². The SMILES string of the molecule is COC(=O)C(C#N)C1c2cc(Br)cc(OC)c2OC(=N)C1C(=O)OC. The molecule has 3 atom stereocenters. The van der Waals surface area contributed by atoms with Gasteiger partial charge in [-0.3, -0.25) is 15.0 Å². The predicted molar refractivity (Wildman–Crippen MR) is 88.4 cm³/mol. The van der Waals surface area contributed by atoms with Gasteiger partial charge < -0.3 is 18.9 Å². The summed E-state index contributed by atoms with van der Waals surface area (Å²) in [7, 11) is 3.72. The number of rotatable bonds is 4. The summed E-state index contributed by atoms with van der Waals surface area (Å²) in [5.74, 6) is -5.20. The third-order valence-corrected chi connectivity index (χ3v) is 4.35. The Bertz CT molecular complexity index is 773. The second-order valence-electron chi connectivity index (χ2n) is 5.15. The minimum Gasteiger partial charge on any atom is -0.493 e. The zero-order chi connectivity index (χ0) is 18.7. The third kappa shape index (κ3) is 3.30. The van der Waals surface area contributed by atoms with Crippen LogP contribution in [0.25, 0.3) is 0 Å². The zero-order valence-corrected chi connectivity index (χ0v) is 15.2. The number of esters is 2. The van der Waals surface area contributed by atoms with Crippen molar-refractivity contribution in [2.24, 2.45) is 11.8 Å². The van der Waals surface area contributed by atoms with Crippen molar-refractivity contribution in [1.82, 2.24) is 0 Å². The van der Waals surface area contributed by atoms with Crippen LogP contribution in [0.4, 0.5) is 0 Å². The van der Waals surface area contributed by atoms with E-state index >= 15 is 0 Å². The summed E-state index contributed by atoms with van der Waals surface area (Å²) < 4.78 is 20.7. The van der Waals surface area contributed by atoms with Gasteiger partial charge in [-0.05, 0) is 12.1 Å². The topological polar surface area (TPSA) is 119 Å². The fourth-order valence-corrected chi connectivity index (χ4v) is 3.23. The number of carbonyl (C=O) groups is 2. The van der Waals surface area contributed by atoms with E-state index < -0.39 is 35.6 Å². The van der Waals surface area contributed by atoms with Gasteiger partial charge in [-0.15, -0.1) is 0 Å². The first kappa shape index (κ1) is 18.7. The number of halogens is 1. The van der Waals surface area contributed by atoms with Gasteiger partial charge in [-0.1, -0.05) is 15.9 Å². The molecule has 0 spiro atoms. The molecule has 0 fully saturated rings. The summed E-state index contributed by atoms with van der Waals surface area (Å²) in [5.41, 5.74) is 0.370. The molecule has 1 aromatic rings. The monoisotopic (exact) mass is 410 g/mol. The Morgan fingerprint density at radius 3 is 2.52 bits per heavy atom. The van der Waals surface area contributed by atoms with Crippen LogP contribution in [-0.2, 0) is 19.1 Å². The summed E-state index contributed by atoms with van der Waals surface area (Å²) in [5, 5.41) is 17.6. The van der Waals surface area contributed by atoms with E-state index in [0.717, 1.165) is 14.2 Å². The molecule has 1 aliphatic heterocycles. The Morgan fingerprint density at radius 2 is 2.00 bits per heavy atom. The molecule has 0 saturated carbocycles. The lowest BCUT2D eigenvalue weighted by atomic mass is 9.75. The first-order valence-electron chi connectivity index (χ1n) is 7.08. The summed E-state index contributed by atoms with van der Waals surface area (Å²) in [6, 6.07) is 5.08. The van der Waals surface area contributed by atoms with E-state index in [0.29, 0.717) is 15.8 Å². The molecule has 0 saturated heterocycles. The van der Waals surface area contributed by atoms with Gasteiger partial charge in [0.05, 0.1) is 27.4 Å². The number of nitrogens with one attached hydrogen (secondary N) is 1. The van der Waals surface area contributed by atoms with Crippen LogP contribution < -0.4 is 9.47 Å². The van der Waals surface area contributed by atoms with Gasteiger partial charge in [-0.2, -0.15) is 5.26 Å². The van der Waals surface area contributed by atoms with Crippen LogP contribution in [0.3, 0.4) is 0 Å². The Morgan fingerprint density at radius 1 is 1.32 bits per heavy atom. The Balaban J connectivity index is 2.74. The van der Waals surface area contributed by atoms with E-state index in [1.54, 1.807) is 12.1 Å². The Hall–Kier alpha value is -2.60. The lowest BCUT2D eigenvalue weighted by Crippen LogP contribution is -2.42. The van der Waals surface area contributed by atoms with Crippen LogP contribution in [0.1, 0.15) is 11.5 Å². The summed E-state index contributed by atoms with van der Waals surface area (Å²) in [6.45, 7) is 0. The quantitative estimate of drug-likeness (QED) is 0.753. The molecule has 0 bridgehead atoms. The fourth-order valence-electron chi connectivity index (χ4n) is 2.77. The van der Waals surface area contributed by atoms with E-state index in [-0.39, 0.29) is 5.75 Å². The highest BCUT2D eigenvalue weighted by Gasteiger charge is 2.49. The maximum Gasteiger partial charge on any atom is 0.323 e. The molecule has 0 aromatic heterocycles. The summed E-state index contributed by atoms with van der Waals surface area (Å²) in [4.78, 5) is 24.3. The third-order valence-electron chi connectivity index (χ3n) is 3.89. The standard InChI is InChI=1S/C16H15BrN2O6/c1-22-10-5-7(17)4-8-11(9(6-18)15(20)23-2)12(16(21)24-3)14(19)25-13(8)10/h4-5,9,11-12,19H,1-3H3. The van der Waals surface area contributed by atoms with Crippen molar-refractivity contribution in [3.05, 3.63) is 22.2 Å². The van der Waals surface area contributed by atoms with Gasteiger partial charge in [0.1, 0.15) is 5.92 Å². The average molecular weight is 411 g/mol. The minimum atomic E-state index is -1.34. The maximum atomic E-state index is 12.2. The van der Waals surface area contributed by atoms with Crippen LogP contribution in [0, 0.1) is 28.6 Å². The minimum absolute atomic E-state index is 0.171. The van der Waals surface area contributed by atoms with Crippen molar-refractivity contribution in [1.29, 1.82) is 10.7 Å². The van der Waals surface area contributed by atoms with Crippen LogP contribution in [0.5, 0.6) is 11.5 Å². The van der Waals surface area contributed by atoms with Crippen molar-refractivity contribution >= 4 is 33.8 Å². The molecule has 9 heteroatoms. The molecule has 0 radical (unpaired) electrons. The van der Waals surface area contributed by atoms with E-state index in [1.807, 2.05) is 6.07 Å². The van der Waals surface area contributed by atoms with E-state index in [9.17, 15) is 14.9 Å². The first-order valence-corrected chi connectivity index (χ1v) is 7.87. The molecule has 1 heterocycles. The van der Waals surface area contributed by atoms with E-state index in [4.69, 9.17) is 19.6 Å². The highest BCUT2D eigenvalue weighted by molar-refractivity contribution is 9.10. The highest BCUT2D eigenvalue weighted by atomic mass is 79.9. The molecule has 1 aromatic carbocycles. The van der Waals surface area contributed by atoms with Crippen molar-refractivity contribution in [3.8, 4) is 17.6 Å². The summed E-state index contributed by atoms with van der Waals surface area (Å²) in [6.07, 6.45) is 0. The van der Waals surface area contributed by atoms with Gasteiger partial charge in [0.25, 0.3) is 0 Å². The largest absolute Gasteiger partial charge is 0.493 e. The molecule has 0 aliphatic carbocycles. The number of carbonyl (C=O) groups excluding carboxylic acids is 2. The molecule has 1 N–H and O–H groups in total. The number of hydrogen-bond donors (Lipinski definition) is 1. The van der Waals surface area contributed by atoms with Crippen LogP contribution in [-0.4, -0.2) is 39.2 Å². The summed E-state index contributed by atoms with van der Waals surface area (Å²) >= 11 is 3.32. The predicted octanol–water partition coefficient (Wildman–Crippen LogP) is 2.01. The van der Waals surface area contributed by atoms with Crippen molar-refractivity contribution < 1.29 is 28.5 Å². The smallest absolute Gasteiger partial charge is 0.323 e. The normalized spacial score (nSPS) is 19.7. The maximum absolute atomic E-state index is 12.2. The number of nitrogens with zero attached hydrogens (tertiary/aromatic N) is 1. The number of benzene rings is 1. The molecular weight excluding hydrogens is 396 g/mol. The second kappa shape index (κ2) is 7.53. The van der Waals surface area contributed by atoms with Gasteiger partial charge in [0.2, 0.25) is 5.90 Å². The molecule has 2 rings (SSSR count). The zero-order valence-electron chi connectivity index (χ0n) is 13.7. The van der Waals surface area contributed by atoms with Crippen molar-refractivity contribution in [2.45, 2.75) is 5.92 Å². The van der Waals surface area contributed by atoms with Crippen molar-refractivity contribution in [3.63, 3.8) is 0 Å². The molecule has 132 valence electrons. The molecule has 8 nitrogen and oxygen atoms in total. The second-order valence-corrected chi connectivity index (χ2v) is 6.06. The molecule has 3 unspecified atom stereocenters. The van der Waals surface area contributed by atoms with Gasteiger partial charge in [-0.25, -0.2) is 0 Å². The van der Waals surface area contributed by atoms with Gasteiger partial charge in [0.15, 0.2) is 17.4 Å². The Labute approximate surface area is 152 Å². The number of ether oxygens (including phenoxy) is 4. The Kier molecular flexibility index (Phi) is 5.64. The number of methoxy groups -OCH3 is 3. The number of fused-ring (bicyclic) bond motifs is 1. The molecule has 0 amide bonds. The lowest BCUT2D eigenvalue weighted by Gasteiger charge is -2.34. The molecular formula is C16H15BrN2O6. The van der Waals surface area contributed by atoms with Crippen LogP contribution in [0.15, 0.2) is 16.6 Å². The van der Waals surface area contributed by atoms with Gasteiger partial charge in [0, 0.05) is 16.0 Å². The number of hydrogen-bond acceptors (Lipinski definition) is 8. The molecule has 1 aliphatic rings. The van der Waals surface area contributed by atoms with E-state index in [1.165, 1.54) is 7.11 Å². The number of nitriles is 1. The van der Waals surface area contributed by atoms with Gasteiger partial charge >= 0.3 is 11.9 Å². The van der Waals surface area contributed by atoms with Crippen LogP contribution >= 0.6 is 15.9 Å². The van der Waals surface area contributed by atoms with Crippen LogP contribution in [0.2, 0.25) is 0 Å².